The van der Waals surface area contributed by atoms with Crippen molar-refractivity contribution < 1.29 is 23.8 Å². The van der Waals surface area contributed by atoms with Crippen LogP contribution in [0, 0.1) is 5.92 Å². The summed E-state index contributed by atoms with van der Waals surface area (Å²) < 4.78 is 16.7. The van der Waals surface area contributed by atoms with Crippen molar-refractivity contribution in [3.63, 3.8) is 0 Å². The molecule has 2 aliphatic rings. The molecule has 2 aromatic rings. The van der Waals surface area contributed by atoms with Crippen LogP contribution < -0.4 is 9.47 Å². The highest BCUT2D eigenvalue weighted by Gasteiger charge is 2.29. The summed E-state index contributed by atoms with van der Waals surface area (Å²) in [5.41, 5.74) is 1.26. The number of carbonyl (C=O) groups excluding carboxylic acids is 2. The maximum atomic E-state index is 13.1. The number of piperidine rings is 1. The van der Waals surface area contributed by atoms with E-state index in [1.54, 1.807) is 31.4 Å². The van der Waals surface area contributed by atoms with Gasteiger partial charge in [-0.1, -0.05) is 12.1 Å². The number of benzene rings is 2. The first kappa shape index (κ1) is 21.4. The van der Waals surface area contributed by atoms with Crippen molar-refractivity contribution in [3.8, 4) is 11.5 Å². The molecular formula is C25H29NO5. The summed E-state index contributed by atoms with van der Waals surface area (Å²) in [6, 6.07) is 14.6. The first-order chi connectivity index (χ1) is 15.2. The quantitative estimate of drug-likeness (QED) is 0.630. The number of methoxy groups -OCH3 is 1. The number of para-hydroxylation sites is 1. The molecule has 2 fully saturated rings. The van der Waals surface area contributed by atoms with E-state index in [0.717, 1.165) is 25.2 Å². The number of hydrogen-bond acceptors (Lipinski definition) is 5. The van der Waals surface area contributed by atoms with E-state index >= 15 is 0 Å². The standard InChI is InChI=1S/C25H29NO5/c1-29-20-10-8-18(9-11-20)24(27)19-12-14-26(15-13-19)25(28)22-6-2-3-7-23(22)31-17-21-5-4-16-30-21/h2-3,6-11,19,21H,4-5,12-17H2,1H3/t21-/m1/s1. The van der Waals surface area contributed by atoms with E-state index < -0.39 is 0 Å². The lowest BCUT2D eigenvalue weighted by Gasteiger charge is -2.31. The number of nitrogens with zero attached hydrogens (tertiary/aromatic N) is 1. The Hall–Kier alpha value is -2.86. The fraction of sp³-hybridized carbons (Fsp3) is 0.440. The van der Waals surface area contributed by atoms with Gasteiger partial charge in [-0.3, -0.25) is 9.59 Å². The smallest absolute Gasteiger partial charge is 0.257 e. The molecule has 0 aliphatic carbocycles. The predicted molar refractivity (Wildman–Crippen MR) is 117 cm³/mol. The summed E-state index contributed by atoms with van der Waals surface area (Å²) in [6.07, 6.45) is 3.47. The Bertz CT molecular complexity index is 896. The molecule has 6 nitrogen and oxygen atoms in total. The molecule has 4 rings (SSSR count). The van der Waals surface area contributed by atoms with Gasteiger partial charge in [0.15, 0.2) is 5.78 Å². The minimum Gasteiger partial charge on any atom is -0.497 e. The maximum absolute atomic E-state index is 13.1. The van der Waals surface area contributed by atoms with Gasteiger partial charge in [0.2, 0.25) is 0 Å². The van der Waals surface area contributed by atoms with Crippen LogP contribution in [0.3, 0.4) is 0 Å². The lowest BCUT2D eigenvalue weighted by molar-refractivity contribution is 0.0612. The summed E-state index contributed by atoms with van der Waals surface area (Å²) >= 11 is 0. The Morgan fingerprint density at radius 2 is 1.77 bits per heavy atom. The zero-order valence-corrected chi connectivity index (χ0v) is 17.9. The zero-order chi connectivity index (χ0) is 21.6. The lowest BCUT2D eigenvalue weighted by Crippen LogP contribution is -2.40. The first-order valence-electron chi connectivity index (χ1n) is 11.0. The van der Waals surface area contributed by atoms with Crippen molar-refractivity contribution in [1.82, 2.24) is 4.90 Å². The molecular weight excluding hydrogens is 394 g/mol. The number of rotatable bonds is 7. The van der Waals surface area contributed by atoms with Gasteiger partial charge in [-0.15, -0.1) is 0 Å². The number of amides is 1. The molecule has 2 saturated heterocycles. The third-order valence-corrected chi connectivity index (χ3v) is 6.09. The molecule has 1 atom stereocenters. The number of likely N-dealkylation sites (tertiary alicyclic amines) is 1. The van der Waals surface area contributed by atoms with Gasteiger partial charge in [0, 0.05) is 31.2 Å². The third kappa shape index (κ3) is 5.07. The largest absolute Gasteiger partial charge is 0.497 e. The summed E-state index contributed by atoms with van der Waals surface area (Å²) in [4.78, 5) is 27.8. The monoisotopic (exact) mass is 423 g/mol. The first-order valence-corrected chi connectivity index (χ1v) is 11.0. The van der Waals surface area contributed by atoms with Gasteiger partial charge in [-0.25, -0.2) is 0 Å². The van der Waals surface area contributed by atoms with Gasteiger partial charge >= 0.3 is 0 Å². The van der Waals surface area contributed by atoms with E-state index in [0.29, 0.717) is 49.4 Å². The van der Waals surface area contributed by atoms with Crippen LogP contribution >= 0.6 is 0 Å². The number of ketones is 1. The molecule has 6 heteroatoms. The molecule has 0 saturated carbocycles. The van der Waals surface area contributed by atoms with Crippen LogP contribution in [-0.2, 0) is 4.74 Å². The van der Waals surface area contributed by atoms with E-state index in [-0.39, 0.29) is 23.7 Å². The van der Waals surface area contributed by atoms with E-state index in [1.165, 1.54) is 0 Å². The van der Waals surface area contributed by atoms with Crippen molar-refractivity contribution in [2.24, 2.45) is 5.92 Å². The van der Waals surface area contributed by atoms with Crippen LogP contribution in [0.4, 0.5) is 0 Å². The Balaban J connectivity index is 1.35. The van der Waals surface area contributed by atoms with E-state index in [4.69, 9.17) is 14.2 Å². The van der Waals surface area contributed by atoms with E-state index in [2.05, 4.69) is 0 Å². The van der Waals surface area contributed by atoms with E-state index in [9.17, 15) is 9.59 Å². The molecule has 2 aliphatic heterocycles. The van der Waals surface area contributed by atoms with Gasteiger partial charge in [0.05, 0.1) is 18.8 Å². The van der Waals surface area contributed by atoms with Crippen molar-refractivity contribution in [3.05, 3.63) is 59.7 Å². The number of ether oxygens (including phenoxy) is 3. The summed E-state index contributed by atoms with van der Waals surface area (Å²) in [5.74, 6) is 1.36. The van der Waals surface area contributed by atoms with Crippen LogP contribution in [0.1, 0.15) is 46.4 Å². The lowest BCUT2D eigenvalue weighted by atomic mass is 9.88. The van der Waals surface area contributed by atoms with Crippen LogP contribution in [0.15, 0.2) is 48.5 Å². The second-order valence-electron chi connectivity index (χ2n) is 8.10. The highest BCUT2D eigenvalue weighted by molar-refractivity contribution is 5.99. The molecule has 0 aromatic heterocycles. The number of carbonyl (C=O) groups is 2. The average Bonchev–Trinajstić information content (AvgIpc) is 3.36. The minimum atomic E-state index is -0.0662. The molecule has 0 bridgehead atoms. The SMILES string of the molecule is COc1ccc(C(=O)C2CCN(C(=O)c3ccccc3OC[C@H]3CCCO3)CC2)cc1. The Kier molecular flexibility index (Phi) is 6.87. The normalized spacial score (nSPS) is 19.3. The van der Waals surface area contributed by atoms with Crippen molar-refractivity contribution in [2.45, 2.75) is 31.8 Å². The molecule has 2 heterocycles. The van der Waals surface area contributed by atoms with Crippen LogP contribution in [-0.4, -0.2) is 56.1 Å². The maximum Gasteiger partial charge on any atom is 0.257 e. The number of Topliss-reactive ketones (excluding diaryl/α,β-unsaturated/α-hetero) is 1. The molecule has 1 amide bonds. The van der Waals surface area contributed by atoms with Gasteiger partial charge in [0.1, 0.15) is 18.1 Å². The topological polar surface area (TPSA) is 65.1 Å². The fourth-order valence-electron chi connectivity index (χ4n) is 4.23. The van der Waals surface area contributed by atoms with Crippen LogP contribution in [0.2, 0.25) is 0 Å². The van der Waals surface area contributed by atoms with Gasteiger partial charge in [0.25, 0.3) is 5.91 Å². The predicted octanol–water partition coefficient (Wildman–Crippen LogP) is 3.99. The van der Waals surface area contributed by atoms with Crippen LogP contribution in [0.5, 0.6) is 11.5 Å². The molecule has 0 radical (unpaired) electrons. The molecule has 164 valence electrons. The van der Waals surface area contributed by atoms with Crippen molar-refractivity contribution in [2.75, 3.05) is 33.4 Å². The van der Waals surface area contributed by atoms with Crippen molar-refractivity contribution in [1.29, 1.82) is 0 Å². The second-order valence-corrected chi connectivity index (χ2v) is 8.10. The Morgan fingerprint density at radius 1 is 1.03 bits per heavy atom. The summed E-state index contributed by atoms with van der Waals surface area (Å²) in [6.45, 7) is 2.36. The highest BCUT2D eigenvalue weighted by atomic mass is 16.5. The van der Waals surface area contributed by atoms with Crippen LogP contribution in [0.25, 0.3) is 0 Å². The Labute approximate surface area is 183 Å². The van der Waals surface area contributed by atoms with Gasteiger partial charge in [-0.2, -0.15) is 0 Å². The van der Waals surface area contributed by atoms with Crippen molar-refractivity contribution >= 4 is 11.7 Å². The molecule has 31 heavy (non-hydrogen) atoms. The summed E-state index contributed by atoms with van der Waals surface area (Å²) in [7, 11) is 1.61. The average molecular weight is 424 g/mol. The van der Waals surface area contributed by atoms with E-state index in [1.807, 2.05) is 29.2 Å². The van der Waals surface area contributed by atoms with Gasteiger partial charge in [-0.05, 0) is 62.1 Å². The molecule has 2 aromatic carbocycles. The molecule has 0 unspecified atom stereocenters. The molecule has 0 N–H and O–H groups in total. The third-order valence-electron chi connectivity index (χ3n) is 6.09. The molecule has 0 spiro atoms. The number of hydrogen-bond donors (Lipinski definition) is 0. The van der Waals surface area contributed by atoms with Gasteiger partial charge < -0.3 is 19.1 Å². The second kappa shape index (κ2) is 9.96. The Morgan fingerprint density at radius 3 is 2.45 bits per heavy atom. The highest BCUT2D eigenvalue weighted by Crippen LogP contribution is 2.27. The fourth-order valence-corrected chi connectivity index (χ4v) is 4.23. The minimum absolute atomic E-state index is 0.0433. The summed E-state index contributed by atoms with van der Waals surface area (Å²) in [5, 5.41) is 0. The zero-order valence-electron chi connectivity index (χ0n) is 17.9.